The largest absolute Gasteiger partial charge is 0.0619 e. The van der Waals surface area contributed by atoms with Crippen LogP contribution in [0.2, 0.25) is 0 Å². The molecule has 246 valence electrons. The van der Waals surface area contributed by atoms with Gasteiger partial charge in [0.05, 0.1) is 0 Å². The van der Waals surface area contributed by atoms with Crippen LogP contribution in [0.15, 0.2) is 158 Å². The van der Waals surface area contributed by atoms with E-state index >= 15 is 0 Å². The zero-order valence-corrected chi connectivity index (χ0v) is 30.0. The molecule has 0 aromatic heterocycles. The van der Waals surface area contributed by atoms with Crippen LogP contribution in [0, 0.1) is 0 Å². The van der Waals surface area contributed by atoms with Gasteiger partial charge in [0.1, 0.15) is 0 Å². The predicted octanol–water partition coefficient (Wildman–Crippen LogP) is 14.2. The number of hydrogen-bond acceptors (Lipinski definition) is 0. The average Bonchev–Trinajstić information content (AvgIpc) is 3.54. The molecule has 0 nitrogen and oxygen atoms in total. The van der Waals surface area contributed by atoms with Gasteiger partial charge in [-0.1, -0.05) is 161 Å². The monoisotopic (exact) mass is 662 g/mol. The molecule has 0 amide bonds. The first-order valence-corrected chi connectivity index (χ1v) is 18.6. The molecule has 0 saturated heterocycles. The molecule has 0 N–H and O–H groups in total. The van der Waals surface area contributed by atoms with E-state index in [1.807, 2.05) is 0 Å². The molecular formula is C52H38. The van der Waals surface area contributed by atoms with Crippen molar-refractivity contribution in [1.82, 2.24) is 0 Å². The second kappa shape index (κ2) is 10.3. The van der Waals surface area contributed by atoms with Gasteiger partial charge < -0.3 is 0 Å². The molecule has 0 heterocycles. The molecule has 0 unspecified atom stereocenters. The van der Waals surface area contributed by atoms with Crippen LogP contribution in [0.3, 0.4) is 0 Å². The van der Waals surface area contributed by atoms with Crippen molar-refractivity contribution in [3.8, 4) is 44.5 Å². The first kappa shape index (κ1) is 29.7. The van der Waals surface area contributed by atoms with E-state index in [1.54, 1.807) is 0 Å². The van der Waals surface area contributed by atoms with Crippen molar-refractivity contribution < 1.29 is 0 Å². The van der Waals surface area contributed by atoms with E-state index in [1.165, 1.54) is 110 Å². The van der Waals surface area contributed by atoms with Gasteiger partial charge in [-0.15, -0.1) is 0 Å². The standard InChI is InChI=1S/C52H38/c1-51(2)45-25-11-9-21-35(45)39-27-41-43(29-47(39)51)50(38-24-14-18-32-16-6-8-20-34(32)38)44-30-48-40(36-22-10-12-26-46(36)52(48,3)4)28-42(44)49(41)37-23-13-17-31-15-5-7-19-33(31)37/h5-30H,1-4H3. The summed E-state index contributed by atoms with van der Waals surface area (Å²) in [6.07, 6.45) is 0. The fourth-order valence-electron chi connectivity index (χ4n) is 10.1. The van der Waals surface area contributed by atoms with Gasteiger partial charge in [-0.25, -0.2) is 0 Å². The molecule has 0 saturated carbocycles. The molecule has 2 aliphatic rings. The Bertz CT molecular complexity index is 2870. The van der Waals surface area contributed by atoms with E-state index in [9.17, 15) is 0 Å². The summed E-state index contributed by atoms with van der Waals surface area (Å²) < 4.78 is 0. The lowest BCUT2D eigenvalue weighted by molar-refractivity contribution is 0.661. The summed E-state index contributed by atoms with van der Waals surface area (Å²) in [4.78, 5) is 0. The Hall–Kier alpha value is -5.98. The highest BCUT2D eigenvalue weighted by Crippen LogP contribution is 2.56. The summed E-state index contributed by atoms with van der Waals surface area (Å²) in [5.41, 5.74) is 16.0. The minimum atomic E-state index is -0.119. The van der Waals surface area contributed by atoms with E-state index in [-0.39, 0.29) is 10.8 Å². The molecule has 11 rings (SSSR count). The topological polar surface area (TPSA) is 0 Å². The number of fused-ring (bicyclic) bond motifs is 10. The minimum absolute atomic E-state index is 0.119. The second-order valence-corrected chi connectivity index (χ2v) is 16.0. The van der Waals surface area contributed by atoms with E-state index in [2.05, 4.69) is 185 Å². The van der Waals surface area contributed by atoms with Crippen molar-refractivity contribution in [1.29, 1.82) is 0 Å². The minimum Gasteiger partial charge on any atom is -0.0619 e. The first-order chi connectivity index (χ1) is 25.3. The highest BCUT2D eigenvalue weighted by atomic mass is 14.4. The molecule has 0 bridgehead atoms. The lowest BCUT2D eigenvalue weighted by atomic mass is 9.77. The quantitative estimate of drug-likeness (QED) is 0.162. The molecule has 9 aromatic carbocycles. The molecule has 0 radical (unpaired) electrons. The fourth-order valence-corrected chi connectivity index (χ4v) is 10.1. The molecular weight excluding hydrogens is 625 g/mol. The van der Waals surface area contributed by atoms with Gasteiger partial charge >= 0.3 is 0 Å². The van der Waals surface area contributed by atoms with Gasteiger partial charge in [0.15, 0.2) is 0 Å². The normalized spacial score (nSPS) is 14.8. The van der Waals surface area contributed by atoms with Crippen LogP contribution in [-0.2, 0) is 10.8 Å². The number of benzene rings is 9. The summed E-state index contributed by atoms with van der Waals surface area (Å²) >= 11 is 0. The second-order valence-electron chi connectivity index (χ2n) is 16.0. The Morgan fingerprint density at radius 2 is 0.615 bits per heavy atom. The van der Waals surface area contributed by atoms with Crippen molar-refractivity contribution in [3.05, 3.63) is 180 Å². The predicted molar refractivity (Wildman–Crippen MR) is 222 cm³/mol. The van der Waals surface area contributed by atoms with Gasteiger partial charge in [0.25, 0.3) is 0 Å². The maximum Gasteiger partial charge on any atom is 0.0159 e. The number of hydrogen-bond donors (Lipinski definition) is 0. The van der Waals surface area contributed by atoms with E-state index in [4.69, 9.17) is 0 Å². The van der Waals surface area contributed by atoms with Crippen molar-refractivity contribution in [2.45, 2.75) is 38.5 Å². The average molecular weight is 663 g/mol. The van der Waals surface area contributed by atoms with Crippen LogP contribution in [0.5, 0.6) is 0 Å². The Labute approximate surface area is 305 Å². The first-order valence-electron chi connectivity index (χ1n) is 18.6. The zero-order valence-electron chi connectivity index (χ0n) is 30.0. The summed E-state index contributed by atoms with van der Waals surface area (Å²) in [6.45, 7) is 9.61. The summed E-state index contributed by atoms with van der Waals surface area (Å²) in [7, 11) is 0. The lowest BCUT2D eigenvalue weighted by Crippen LogP contribution is -2.15. The molecule has 0 atom stereocenters. The van der Waals surface area contributed by atoms with Gasteiger partial charge in [-0.2, -0.15) is 0 Å². The van der Waals surface area contributed by atoms with E-state index in [0.29, 0.717) is 0 Å². The maximum absolute atomic E-state index is 2.57. The Morgan fingerprint density at radius 3 is 1.08 bits per heavy atom. The molecule has 0 spiro atoms. The van der Waals surface area contributed by atoms with Gasteiger partial charge in [-0.3, -0.25) is 0 Å². The third-order valence-corrected chi connectivity index (χ3v) is 12.6. The molecule has 0 fully saturated rings. The number of rotatable bonds is 2. The van der Waals surface area contributed by atoms with Crippen LogP contribution in [0.25, 0.3) is 87.6 Å². The fraction of sp³-hybridized carbons (Fsp3) is 0.115. The zero-order chi connectivity index (χ0) is 34.9. The van der Waals surface area contributed by atoms with Gasteiger partial charge in [0, 0.05) is 10.8 Å². The third-order valence-electron chi connectivity index (χ3n) is 12.6. The van der Waals surface area contributed by atoms with Crippen LogP contribution >= 0.6 is 0 Å². The van der Waals surface area contributed by atoms with Crippen LogP contribution in [0.1, 0.15) is 49.9 Å². The van der Waals surface area contributed by atoms with Gasteiger partial charge in [-0.05, 0) is 134 Å². The maximum atomic E-state index is 2.57. The van der Waals surface area contributed by atoms with Gasteiger partial charge in [0.2, 0.25) is 0 Å². The Kier molecular flexibility index (Phi) is 5.89. The molecule has 2 aliphatic carbocycles. The Morgan fingerprint density at radius 1 is 0.269 bits per heavy atom. The highest BCUT2D eigenvalue weighted by molar-refractivity contribution is 6.27. The molecule has 9 aromatic rings. The summed E-state index contributed by atoms with van der Waals surface area (Å²) in [6, 6.07) is 59.9. The highest BCUT2D eigenvalue weighted by Gasteiger charge is 2.38. The van der Waals surface area contributed by atoms with Crippen LogP contribution in [0.4, 0.5) is 0 Å². The van der Waals surface area contributed by atoms with Crippen molar-refractivity contribution in [2.24, 2.45) is 0 Å². The summed E-state index contributed by atoms with van der Waals surface area (Å²) in [5, 5.41) is 10.4. The lowest BCUT2D eigenvalue weighted by Gasteiger charge is -2.26. The van der Waals surface area contributed by atoms with E-state index in [0.717, 1.165) is 0 Å². The molecule has 52 heavy (non-hydrogen) atoms. The van der Waals surface area contributed by atoms with Crippen LogP contribution < -0.4 is 0 Å². The van der Waals surface area contributed by atoms with Crippen molar-refractivity contribution in [2.75, 3.05) is 0 Å². The Balaban J connectivity index is 1.41. The van der Waals surface area contributed by atoms with E-state index < -0.39 is 0 Å². The van der Waals surface area contributed by atoms with Crippen LogP contribution in [-0.4, -0.2) is 0 Å². The molecule has 0 heteroatoms. The third kappa shape index (κ3) is 3.82. The summed E-state index contributed by atoms with van der Waals surface area (Å²) in [5.74, 6) is 0. The van der Waals surface area contributed by atoms with Crippen molar-refractivity contribution in [3.63, 3.8) is 0 Å². The molecule has 0 aliphatic heterocycles. The van der Waals surface area contributed by atoms with Crippen molar-refractivity contribution >= 4 is 43.1 Å². The smallest absolute Gasteiger partial charge is 0.0159 e. The SMILES string of the molecule is CC1(C)c2ccccc2-c2cc3c(-c4cccc5ccccc45)c4cc5c(cc4c(-c4cccc6ccccc46)c3cc21)C(C)(C)c1ccccc1-5.